The third kappa shape index (κ3) is 2.16. The lowest BCUT2D eigenvalue weighted by Crippen LogP contribution is -1.94. The smallest absolute Gasteiger partial charge is 0.315 e. The Morgan fingerprint density at radius 1 is 1.19 bits per heavy atom. The molecule has 0 spiro atoms. The van der Waals surface area contributed by atoms with Crippen LogP contribution in [0.2, 0.25) is 0 Å². The fourth-order valence-corrected chi connectivity index (χ4v) is 2.64. The molecule has 0 N–H and O–H groups in total. The van der Waals surface area contributed by atoms with Crippen LogP contribution < -0.4 is 0 Å². The summed E-state index contributed by atoms with van der Waals surface area (Å²) in [5.41, 5.74) is 4.46. The number of hydrogen-bond donors (Lipinski definition) is 0. The van der Waals surface area contributed by atoms with Crippen molar-refractivity contribution in [3.8, 4) is 11.3 Å². The summed E-state index contributed by atoms with van der Waals surface area (Å²) in [6.07, 6.45) is 1.34. The zero-order chi connectivity index (χ0) is 15.1. The van der Waals surface area contributed by atoms with Crippen LogP contribution in [0.5, 0.6) is 0 Å². The fourth-order valence-electron chi connectivity index (χ4n) is 2.64. The Kier molecular flexibility index (Phi) is 2.97. The van der Waals surface area contributed by atoms with Crippen molar-refractivity contribution in [1.29, 1.82) is 0 Å². The molecular formula is C16H14N2O3. The highest BCUT2D eigenvalue weighted by molar-refractivity contribution is 5.97. The van der Waals surface area contributed by atoms with Crippen molar-refractivity contribution in [2.75, 3.05) is 0 Å². The van der Waals surface area contributed by atoms with Crippen LogP contribution in [0.25, 0.3) is 22.2 Å². The van der Waals surface area contributed by atoms with Crippen LogP contribution in [0.15, 0.2) is 34.9 Å². The van der Waals surface area contributed by atoms with Crippen LogP contribution in [-0.4, -0.2) is 9.91 Å². The Morgan fingerprint density at radius 3 is 2.67 bits per heavy atom. The first-order valence-electron chi connectivity index (χ1n) is 6.58. The standard InChI is InChI=1S/C16H14N2O3/c1-9-6-10(2)15-12(7-9)13(8-11(3)17-15)16-14(18(19)20)4-5-21-16/h4-8H,1-3H3. The van der Waals surface area contributed by atoms with Gasteiger partial charge in [-0.1, -0.05) is 11.6 Å². The van der Waals surface area contributed by atoms with Crippen LogP contribution in [0.4, 0.5) is 5.69 Å². The van der Waals surface area contributed by atoms with Gasteiger partial charge in [-0.25, -0.2) is 0 Å². The molecule has 1 aromatic carbocycles. The number of benzene rings is 1. The summed E-state index contributed by atoms with van der Waals surface area (Å²) in [5, 5.41) is 12.0. The van der Waals surface area contributed by atoms with Gasteiger partial charge in [0.05, 0.1) is 22.8 Å². The number of rotatable bonds is 2. The molecule has 3 rings (SSSR count). The van der Waals surface area contributed by atoms with Crippen molar-refractivity contribution in [2.45, 2.75) is 20.8 Å². The van der Waals surface area contributed by atoms with Crippen LogP contribution in [0.3, 0.4) is 0 Å². The average Bonchev–Trinajstić information content (AvgIpc) is 2.88. The van der Waals surface area contributed by atoms with Crippen molar-refractivity contribution in [1.82, 2.24) is 4.98 Å². The number of fused-ring (bicyclic) bond motifs is 1. The summed E-state index contributed by atoms with van der Waals surface area (Å²) in [6.45, 7) is 5.85. The predicted molar refractivity (Wildman–Crippen MR) is 80.3 cm³/mol. The average molecular weight is 282 g/mol. The SMILES string of the molecule is Cc1cc(C)c2nc(C)cc(-c3occc3[N+](=O)[O-])c2c1. The van der Waals surface area contributed by atoms with E-state index in [0.717, 1.165) is 27.7 Å². The minimum absolute atomic E-state index is 0.0268. The highest BCUT2D eigenvalue weighted by atomic mass is 16.6. The predicted octanol–water partition coefficient (Wildman–Crippen LogP) is 4.33. The summed E-state index contributed by atoms with van der Waals surface area (Å²) < 4.78 is 5.39. The molecule has 0 bridgehead atoms. The molecule has 5 heteroatoms. The summed E-state index contributed by atoms with van der Waals surface area (Å²) in [4.78, 5) is 15.3. The molecule has 0 atom stereocenters. The summed E-state index contributed by atoms with van der Waals surface area (Å²) in [7, 11) is 0. The second kappa shape index (κ2) is 4.70. The van der Waals surface area contributed by atoms with Gasteiger partial charge >= 0.3 is 5.69 Å². The van der Waals surface area contributed by atoms with Gasteiger partial charge in [0, 0.05) is 16.6 Å². The van der Waals surface area contributed by atoms with E-state index in [4.69, 9.17) is 4.42 Å². The minimum atomic E-state index is -0.427. The molecule has 5 nitrogen and oxygen atoms in total. The van der Waals surface area contributed by atoms with Crippen LogP contribution in [-0.2, 0) is 0 Å². The van der Waals surface area contributed by atoms with Gasteiger partial charge in [0.2, 0.25) is 5.76 Å². The Hall–Kier alpha value is -2.69. The molecule has 0 aliphatic heterocycles. The maximum Gasteiger partial charge on any atom is 0.315 e. The number of nitrogens with zero attached hydrogens (tertiary/aromatic N) is 2. The van der Waals surface area contributed by atoms with Crippen LogP contribution in [0, 0.1) is 30.9 Å². The van der Waals surface area contributed by atoms with Crippen molar-refractivity contribution in [3.05, 3.63) is 57.5 Å². The molecule has 0 unspecified atom stereocenters. The maximum absolute atomic E-state index is 11.1. The first-order chi connectivity index (χ1) is 9.97. The first-order valence-corrected chi connectivity index (χ1v) is 6.58. The van der Waals surface area contributed by atoms with E-state index in [-0.39, 0.29) is 11.4 Å². The normalized spacial score (nSPS) is 11.0. The molecule has 2 aromatic heterocycles. The molecule has 0 aliphatic carbocycles. The van der Waals surface area contributed by atoms with E-state index >= 15 is 0 Å². The number of pyridine rings is 1. The Balaban J connectivity index is 2.42. The number of aryl methyl sites for hydroxylation is 3. The molecule has 0 radical (unpaired) electrons. The number of nitro groups is 1. The van der Waals surface area contributed by atoms with Gasteiger partial charge in [-0.3, -0.25) is 15.1 Å². The molecular weight excluding hydrogens is 268 g/mol. The van der Waals surface area contributed by atoms with Gasteiger partial charge in [-0.2, -0.15) is 0 Å². The van der Waals surface area contributed by atoms with E-state index < -0.39 is 4.92 Å². The molecule has 0 fully saturated rings. The molecule has 106 valence electrons. The monoisotopic (exact) mass is 282 g/mol. The van der Waals surface area contributed by atoms with Crippen molar-refractivity contribution >= 4 is 16.6 Å². The minimum Gasteiger partial charge on any atom is -0.457 e. The first kappa shape index (κ1) is 13.3. The maximum atomic E-state index is 11.1. The van der Waals surface area contributed by atoms with E-state index in [2.05, 4.69) is 11.1 Å². The second-order valence-corrected chi connectivity index (χ2v) is 5.18. The zero-order valence-electron chi connectivity index (χ0n) is 12.0. The van der Waals surface area contributed by atoms with Gasteiger partial charge in [-0.05, 0) is 38.5 Å². The molecule has 0 saturated heterocycles. The van der Waals surface area contributed by atoms with E-state index in [9.17, 15) is 10.1 Å². The lowest BCUT2D eigenvalue weighted by atomic mass is 10.00. The van der Waals surface area contributed by atoms with E-state index in [0.29, 0.717) is 5.56 Å². The summed E-state index contributed by atoms with van der Waals surface area (Å²) in [6, 6.07) is 7.23. The van der Waals surface area contributed by atoms with Crippen LogP contribution in [0.1, 0.15) is 16.8 Å². The van der Waals surface area contributed by atoms with E-state index in [1.807, 2.05) is 32.9 Å². The molecule has 0 amide bonds. The quantitative estimate of drug-likeness (QED) is 0.518. The van der Waals surface area contributed by atoms with Gasteiger partial charge in [-0.15, -0.1) is 0 Å². The fraction of sp³-hybridized carbons (Fsp3) is 0.188. The molecule has 0 saturated carbocycles. The molecule has 2 heterocycles. The topological polar surface area (TPSA) is 69.2 Å². The highest BCUT2D eigenvalue weighted by Crippen LogP contribution is 2.36. The largest absolute Gasteiger partial charge is 0.457 e. The number of furan rings is 1. The van der Waals surface area contributed by atoms with Gasteiger partial charge in [0.1, 0.15) is 0 Å². The third-order valence-corrected chi connectivity index (χ3v) is 3.46. The molecule has 21 heavy (non-hydrogen) atoms. The zero-order valence-corrected chi connectivity index (χ0v) is 12.0. The van der Waals surface area contributed by atoms with Gasteiger partial charge in [0.15, 0.2) is 0 Å². The number of aromatic nitrogens is 1. The third-order valence-electron chi connectivity index (χ3n) is 3.46. The number of hydrogen-bond acceptors (Lipinski definition) is 4. The van der Waals surface area contributed by atoms with Crippen LogP contribution >= 0.6 is 0 Å². The highest BCUT2D eigenvalue weighted by Gasteiger charge is 2.22. The Labute approximate surface area is 121 Å². The van der Waals surface area contributed by atoms with Crippen molar-refractivity contribution in [3.63, 3.8) is 0 Å². The Bertz CT molecular complexity index is 865. The molecule has 0 aliphatic rings. The van der Waals surface area contributed by atoms with E-state index in [1.54, 1.807) is 0 Å². The lowest BCUT2D eigenvalue weighted by molar-refractivity contribution is -0.384. The summed E-state index contributed by atoms with van der Waals surface area (Å²) in [5.74, 6) is 0.278. The summed E-state index contributed by atoms with van der Waals surface area (Å²) >= 11 is 0. The second-order valence-electron chi connectivity index (χ2n) is 5.18. The molecule has 3 aromatic rings. The van der Waals surface area contributed by atoms with E-state index in [1.165, 1.54) is 12.3 Å². The van der Waals surface area contributed by atoms with Gasteiger partial charge in [0.25, 0.3) is 0 Å². The lowest BCUT2D eigenvalue weighted by Gasteiger charge is -2.09. The van der Waals surface area contributed by atoms with Crippen molar-refractivity contribution < 1.29 is 9.34 Å². The van der Waals surface area contributed by atoms with Gasteiger partial charge < -0.3 is 4.42 Å². The Morgan fingerprint density at radius 2 is 1.95 bits per heavy atom. The van der Waals surface area contributed by atoms with Crippen molar-refractivity contribution in [2.24, 2.45) is 0 Å².